The van der Waals surface area contributed by atoms with Gasteiger partial charge in [-0.3, -0.25) is 14.9 Å². The van der Waals surface area contributed by atoms with Crippen LogP contribution in [-0.2, 0) is 6.54 Å². The quantitative estimate of drug-likeness (QED) is 0.607. The Morgan fingerprint density at radius 3 is 2.94 bits per heavy atom. The zero-order chi connectivity index (χ0) is 13.1. The molecule has 1 aromatic heterocycles. The Bertz CT molecular complexity index is 494. The van der Waals surface area contributed by atoms with E-state index < -0.39 is 10.4 Å². The first-order chi connectivity index (χ1) is 8.56. The minimum atomic E-state index is -0.633. The van der Waals surface area contributed by atoms with Crippen LogP contribution in [0.3, 0.4) is 0 Å². The van der Waals surface area contributed by atoms with Crippen molar-refractivity contribution in [2.45, 2.75) is 32.4 Å². The van der Waals surface area contributed by atoms with Crippen LogP contribution in [0.15, 0.2) is 23.3 Å². The Morgan fingerprint density at radius 1 is 1.61 bits per heavy atom. The molecule has 1 fully saturated rings. The number of nitro groups is 1. The fourth-order valence-electron chi connectivity index (χ4n) is 1.84. The van der Waals surface area contributed by atoms with Crippen molar-refractivity contribution in [2.75, 3.05) is 6.54 Å². The second-order valence-corrected chi connectivity index (χ2v) is 4.94. The number of nitrogens with one attached hydrogen (secondary N) is 1. The topological polar surface area (TPSA) is 77.2 Å². The molecule has 6 nitrogen and oxygen atoms in total. The molecule has 1 aliphatic rings. The monoisotopic (exact) mass is 251 g/mol. The van der Waals surface area contributed by atoms with Crippen molar-refractivity contribution in [2.24, 2.45) is 5.92 Å². The zero-order valence-corrected chi connectivity index (χ0v) is 10.3. The average Bonchev–Trinajstić information content (AvgIpc) is 3.12. The van der Waals surface area contributed by atoms with E-state index in [1.54, 1.807) is 10.8 Å². The van der Waals surface area contributed by atoms with Gasteiger partial charge in [-0.1, -0.05) is 6.92 Å². The predicted molar refractivity (Wildman–Crippen MR) is 67.5 cm³/mol. The highest BCUT2D eigenvalue weighted by Crippen LogP contribution is 2.18. The maximum atomic E-state index is 11.3. The van der Waals surface area contributed by atoms with Gasteiger partial charge in [0.2, 0.25) is 0 Å². The largest absolute Gasteiger partial charge is 0.348 e. The lowest BCUT2D eigenvalue weighted by molar-refractivity contribution is -0.386. The summed E-state index contributed by atoms with van der Waals surface area (Å²) in [5.41, 5.74) is -0.903. The summed E-state index contributed by atoms with van der Waals surface area (Å²) in [6.07, 6.45) is 5.41. The molecule has 1 unspecified atom stereocenters. The lowest BCUT2D eigenvalue weighted by Gasteiger charge is -2.14. The van der Waals surface area contributed by atoms with Gasteiger partial charge in [0.15, 0.2) is 0 Å². The van der Waals surface area contributed by atoms with E-state index in [1.165, 1.54) is 25.1 Å². The number of nitrogens with zero attached hydrogens (tertiary/aromatic N) is 2. The predicted octanol–water partition coefficient (Wildman–Crippen LogP) is 1.14. The molecular weight excluding hydrogens is 234 g/mol. The molecule has 18 heavy (non-hydrogen) atoms. The molecule has 0 aromatic carbocycles. The Labute approximate surface area is 105 Å². The summed E-state index contributed by atoms with van der Waals surface area (Å²) in [4.78, 5) is 21.3. The van der Waals surface area contributed by atoms with Gasteiger partial charge >= 0.3 is 5.69 Å². The van der Waals surface area contributed by atoms with Crippen molar-refractivity contribution in [1.29, 1.82) is 0 Å². The van der Waals surface area contributed by atoms with Crippen molar-refractivity contribution < 1.29 is 4.92 Å². The van der Waals surface area contributed by atoms with Crippen molar-refractivity contribution >= 4 is 5.69 Å². The second-order valence-electron chi connectivity index (χ2n) is 4.94. The molecule has 0 saturated heterocycles. The third-order valence-electron chi connectivity index (χ3n) is 3.01. The summed E-state index contributed by atoms with van der Waals surface area (Å²) in [5.74, 6) is 0.368. The van der Waals surface area contributed by atoms with Crippen molar-refractivity contribution in [3.05, 3.63) is 38.8 Å². The average molecular weight is 251 g/mol. The van der Waals surface area contributed by atoms with Gasteiger partial charge in [0.05, 0.1) is 11.1 Å². The SMILES string of the molecule is CC(CNC1CC1)Cn1ccc(=O)c([N+](=O)[O-])c1. The molecule has 2 rings (SSSR count). The second kappa shape index (κ2) is 5.30. The van der Waals surface area contributed by atoms with E-state index in [4.69, 9.17) is 0 Å². The van der Waals surface area contributed by atoms with Gasteiger partial charge in [0, 0.05) is 24.8 Å². The fraction of sp³-hybridized carbons (Fsp3) is 0.583. The van der Waals surface area contributed by atoms with Gasteiger partial charge in [0.25, 0.3) is 5.43 Å². The molecule has 0 amide bonds. The first-order valence-electron chi connectivity index (χ1n) is 6.14. The smallest absolute Gasteiger partial charge is 0.332 e. The van der Waals surface area contributed by atoms with Gasteiger partial charge in [-0.15, -0.1) is 0 Å². The van der Waals surface area contributed by atoms with Crippen LogP contribution in [0.1, 0.15) is 19.8 Å². The van der Waals surface area contributed by atoms with E-state index >= 15 is 0 Å². The third kappa shape index (κ3) is 3.40. The van der Waals surface area contributed by atoms with E-state index in [1.807, 2.05) is 0 Å². The maximum Gasteiger partial charge on any atom is 0.332 e. The summed E-state index contributed by atoms with van der Waals surface area (Å²) < 4.78 is 1.71. The molecule has 0 radical (unpaired) electrons. The molecule has 1 aromatic rings. The molecule has 1 atom stereocenters. The van der Waals surface area contributed by atoms with E-state index in [0.717, 1.165) is 6.54 Å². The van der Waals surface area contributed by atoms with Crippen LogP contribution >= 0.6 is 0 Å². The molecule has 1 aliphatic carbocycles. The molecule has 1 saturated carbocycles. The molecule has 0 spiro atoms. The molecule has 1 heterocycles. The molecule has 98 valence electrons. The van der Waals surface area contributed by atoms with Crippen LogP contribution in [0.5, 0.6) is 0 Å². The van der Waals surface area contributed by atoms with Gasteiger partial charge in [0.1, 0.15) is 0 Å². The highest BCUT2D eigenvalue weighted by molar-refractivity contribution is 5.25. The molecule has 0 bridgehead atoms. The maximum absolute atomic E-state index is 11.3. The van der Waals surface area contributed by atoms with Crippen molar-refractivity contribution in [3.8, 4) is 0 Å². The Morgan fingerprint density at radius 2 is 2.33 bits per heavy atom. The molecule has 0 aliphatic heterocycles. The number of aromatic nitrogens is 1. The normalized spacial score (nSPS) is 16.5. The summed E-state index contributed by atoms with van der Waals surface area (Å²) in [6.45, 7) is 3.64. The van der Waals surface area contributed by atoms with Crippen LogP contribution in [0.2, 0.25) is 0 Å². The van der Waals surface area contributed by atoms with Crippen LogP contribution in [0, 0.1) is 16.0 Å². The number of pyridine rings is 1. The Hall–Kier alpha value is -1.69. The van der Waals surface area contributed by atoms with Crippen LogP contribution in [-0.4, -0.2) is 22.1 Å². The third-order valence-corrected chi connectivity index (χ3v) is 3.01. The lowest BCUT2D eigenvalue weighted by Crippen LogP contribution is -2.26. The molecule has 6 heteroatoms. The van der Waals surface area contributed by atoms with Crippen molar-refractivity contribution in [1.82, 2.24) is 9.88 Å². The summed E-state index contributed by atoms with van der Waals surface area (Å²) in [5, 5.41) is 14.1. The minimum absolute atomic E-state index is 0.361. The minimum Gasteiger partial charge on any atom is -0.348 e. The van der Waals surface area contributed by atoms with Crippen LogP contribution in [0.25, 0.3) is 0 Å². The number of hydrogen-bond donors (Lipinski definition) is 1. The van der Waals surface area contributed by atoms with Gasteiger partial charge in [-0.25, -0.2) is 0 Å². The van der Waals surface area contributed by atoms with Gasteiger partial charge < -0.3 is 9.88 Å². The van der Waals surface area contributed by atoms with Crippen LogP contribution < -0.4 is 10.7 Å². The van der Waals surface area contributed by atoms with Gasteiger partial charge in [-0.2, -0.15) is 0 Å². The number of hydrogen-bond acceptors (Lipinski definition) is 4. The van der Waals surface area contributed by atoms with E-state index in [2.05, 4.69) is 12.2 Å². The molecule has 1 N–H and O–H groups in total. The van der Waals surface area contributed by atoms with E-state index in [-0.39, 0.29) is 5.69 Å². The highest BCUT2D eigenvalue weighted by Gasteiger charge is 2.21. The first-order valence-corrected chi connectivity index (χ1v) is 6.14. The fourth-order valence-corrected chi connectivity index (χ4v) is 1.84. The summed E-state index contributed by atoms with van der Waals surface area (Å²) >= 11 is 0. The van der Waals surface area contributed by atoms with Crippen molar-refractivity contribution in [3.63, 3.8) is 0 Å². The lowest BCUT2D eigenvalue weighted by atomic mass is 10.2. The van der Waals surface area contributed by atoms with E-state index in [0.29, 0.717) is 18.5 Å². The summed E-state index contributed by atoms with van der Waals surface area (Å²) in [7, 11) is 0. The first kappa shape index (κ1) is 12.8. The van der Waals surface area contributed by atoms with Gasteiger partial charge in [-0.05, 0) is 25.3 Å². The highest BCUT2D eigenvalue weighted by atomic mass is 16.6. The Balaban J connectivity index is 1.97. The van der Waals surface area contributed by atoms with Crippen LogP contribution in [0.4, 0.5) is 5.69 Å². The zero-order valence-electron chi connectivity index (χ0n) is 10.3. The summed E-state index contributed by atoms with van der Waals surface area (Å²) in [6, 6.07) is 1.91. The van der Waals surface area contributed by atoms with E-state index in [9.17, 15) is 14.9 Å². The number of rotatable bonds is 6. The Kier molecular flexibility index (Phi) is 3.76. The molecular formula is C12H17N3O3. The standard InChI is InChI=1S/C12H17N3O3/c1-9(6-13-10-2-3-10)7-14-5-4-12(16)11(8-14)15(17)18/h4-5,8-10,13H,2-3,6-7H2,1H3.